The van der Waals surface area contributed by atoms with Gasteiger partial charge in [0.2, 0.25) is 0 Å². The van der Waals surface area contributed by atoms with E-state index in [1.807, 2.05) is 6.07 Å². The van der Waals surface area contributed by atoms with Crippen LogP contribution in [0.3, 0.4) is 0 Å². The summed E-state index contributed by atoms with van der Waals surface area (Å²) in [5.74, 6) is 0. The second kappa shape index (κ2) is 10.2. The van der Waals surface area contributed by atoms with Crippen LogP contribution in [0, 0.1) is 10.1 Å². The summed E-state index contributed by atoms with van der Waals surface area (Å²) in [6, 6.07) is 13.1. The zero-order chi connectivity index (χ0) is 20.1. The minimum absolute atomic E-state index is 0. The average Bonchev–Trinajstić information content (AvgIpc) is 2.66. The Labute approximate surface area is 177 Å². The molecule has 3 rings (SSSR count). The summed E-state index contributed by atoms with van der Waals surface area (Å²) in [4.78, 5) is 14.9. The van der Waals surface area contributed by atoms with E-state index in [1.165, 1.54) is 18.2 Å². The largest absolute Gasteiger partial charge is 0.446 e. The maximum absolute atomic E-state index is 12.6. The van der Waals surface area contributed by atoms with E-state index in [4.69, 9.17) is 0 Å². The second-order valence-corrected chi connectivity index (χ2v) is 7.69. The fraction of sp³-hybridized carbons (Fsp3) is 0.368. The number of alkyl halides is 3. The van der Waals surface area contributed by atoms with Gasteiger partial charge in [-0.1, -0.05) is 18.2 Å². The molecule has 10 heteroatoms. The van der Waals surface area contributed by atoms with E-state index in [-0.39, 0.29) is 34.8 Å². The fourth-order valence-corrected chi connectivity index (χ4v) is 3.77. The summed E-state index contributed by atoms with van der Waals surface area (Å²) in [5, 5.41) is 10.7. The Kier molecular flexibility index (Phi) is 8.18. The summed E-state index contributed by atoms with van der Waals surface area (Å²) < 4.78 is 37.7. The predicted molar refractivity (Wildman–Crippen MR) is 111 cm³/mol. The van der Waals surface area contributed by atoms with Gasteiger partial charge < -0.3 is 4.90 Å². The normalized spacial score (nSPS) is 15.1. The van der Waals surface area contributed by atoms with Gasteiger partial charge in [-0.15, -0.1) is 12.4 Å². The number of benzene rings is 2. The smallest absolute Gasteiger partial charge is 0.369 e. The van der Waals surface area contributed by atoms with Crippen molar-refractivity contribution in [1.29, 1.82) is 0 Å². The van der Waals surface area contributed by atoms with Crippen molar-refractivity contribution in [3.05, 3.63) is 64.2 Å². The van der Waals surface area contributed by atoms with E-state index in [0.29, 0.717) is 0 Å². The molecule has 0 spiro atoms. The standard InChI is InChI=1S/C19H20F3N3O2S.ClH/c20-19(21,22)28-18-3-1-2-17(14-18)24-12-10-23(11-13-24)9-8-15-4-6-16(7-5-15)25(26)27;/h1-7,14H,8-13H2;1H. The van der Waals surface area contributed by atoms with Crippen molar-refractivity contribution in [2.45, 2.75) is 16.8 Å². The quantitative estimate of drug-likeness (QED) is 0.354. The highest BCUT2D eigenvalue weighted by Gasteiger charge is 2.29. The molecule has 1 fully saturated rings. The molecule has 1 aliphatic rings. The van der Waals surface area contributed by atoms with Crippen LogP contribution in [0.15, 0.2) is 53.4 Å². The first-order valence-electron chi connectivity index (χ1n) is 8.86. The fourth-order valence-electron chi connectivity index (χ4n) is 3.18. The summed E-state index contributed by atoms with van der Waals surface area (Å²) in [6.07, 6.45) is 0.801. The van der Waals surface area contributed by atoms with Crippen LogP contribution in [0.25, 0.3) is 0 Å². The molecule has 0 N–H and O–H groups in total. The highest BCUT2D eigenvalue weighted by Crippen LogP contribution is 2.38. The van der Waals surface area contributed by atoms with Gasteiger partial charge in [-0.2, -0.15) is 13.2 Å². The third-order valence-electron chi connectivity index (χ3n) is 4.65. The number of halogens is 4. The molecule has 1 saturated heterocycles. The molecule has 2 aromatic rings. The van der Waals surface area contributed by atoms with Crippen LogP contribution < -0.4 is 4.90 Å². The van der Waals surface area contributed by atoms with Crippen LogP contribution in [0.5, 0.6) is 0 Å². The van der Waals surface area contributed by atoms with Crippen LogP contribution in [-0.4, -0.2) is 48.1 Å². The van der Waals surface area contributed by atoms with Gasteiger partial charge in [0.1, 0.15) is 0 Å². The monoisotopic (exact) mass is 447 g/mol. The lowest BCUT2D eigenvalue weighted by molar-refractivity contribution is -0.384. The van der Waals surface area contributed by atoms with E-state index in [0.717, 1.165) is 50.4 Å². The molecule has 1 heterocycles. The lowest BCUT2D eigenvalue weighted by Gasteiger charge is -2.36. The van der Waals surface area contributed by atoms with Crippen LogP contribution in [0.1, 0.15) is 5.56 Å². The molecule has 0 aromatic heterocycles. The van der Waals surface area contributed by atoms with Gasteiger partial charge in [-0.25, -0.2) is 0 Å². The Morgan fingerprint density at radius 3 is 2.28 bits per heavy atom. The number of piperazine rings is 1. The van der Waals surface area contributed by atoms with Crippen molar-refractivity contribution in [1.82, 2.24) is 4.90 Å². The van der Waals surface area contributed by atoms with Crippen molar-refractivity contribution in [2.24, 2.45) is 0 Å². The van der Waals surface area contributed by atoms with E-state index < -0.39 is 10.4 Å². The summed E-state index contributed by atoms with van der Waals surface area (Å²) >= 11 is -0.0913. The van der Waals surface area contributed by atoms with Gasteiger partial charge in [0, 0.05) is 55.4 Å². The Morgan fingerprint density at radius 2 is 1.69 bits per heavy atom. The molecule has 0 radical (unpaired) electrons. The Balaban J connectivity index is 0.00000300. The first-order chi connectivity index (χ1) is 13.3. The van der Waals surface area contributed by atoms with Gasteiger partial charge >= 0.3 is 5.51 Å². The zero-order valence-corrected chi connectivity index (χ0v) is 17.1. The van der Waals surface area contributed by atoms with E-state index in [2.05, 4.69) is 9.80 Å². The number of nitrogens with zero attached hydrogens (tertiary/aromatic N) is 3. The SMILES string of the molecule is Cl.O=[N+]([O-])c1ccc(CCN2CCN(c3cccc(SC(F)(F)F)c3)CC2)cc1. The van der Waals surface area contributed by atoms with Gasteiger partial charge in [-0.05, 0) is 41.9 Å². The number of rotatable bonds is 6. The minimum atomic E-state index is -4.28. The van der Waals surface area contributed by atoms with Crippen molar-refractivity contribution >= 4 is 35.5 Å². The maximum atomic E-state index is 12.6. The van der Waals surface area contributed by atoms with E-state index in [9.17, 15) is 23.3 Å². The number of hydrogen-bond donors (Lipinski definition) is 0. The van der Waals surface area contributed by atoms with Gasteiger partial charge in [0.25, 0.3) is 5.69 Å². The van der Waals surface area contributed by atoms with Crippen molar-refractivity contribution in [3.8, 4) is 0 Å². The molecule has 2 aromatic carbocycles. The van der Waals surface area contributed by atoms with Gasteiger partial charge in [0.15, 0.2) is 0 Å². The number of thioether (sulfide) groups is 1. The number of nitro groups is 1. The van der Waals surface area contributed by atoms with Crippen molar-refractivity contribution in [2.75, 3.05) is 37.6 Å². The van der Waals surface area contributed by atoms with Crippen LogP contribution in [0.4, 0.5) is 24.5 Å². The predicted octanol–water partition coefficient (Wildman–Crippen LogP) is 4.99. The van der Waals surface area contributed by atoms with Gasteiger partial charge in [-0.3, -0.25) is 15.0 Å². The molecule has 0 aliphatic carbocycles. The molecule has 0 atom stereocenters. The van der Waals surface area contributed by atoms with E-state index >= 15 is 0 Å². The van der Waals surface area contributed by atoms with Crippen LogP contribution in [-0.2, 0) is 6.42 Å². The Hall–Kier alpha value is -1.97. The number of anilines is 1. The average molecular weight is 448 g/mol. The number of non-ortho nitro benzene ring substituents is 1. The molecular formula is C19H21ClF3N3O2S. The maximum Gasteiger partial charge on any atom is 0.446 e. The number of nitro benzene ring substituents is 1. The molecule has 1 aliphatic heterocycles. The third kappa shape index (κ3) is 7.09. The molecule has 0 amide bonds. The summed E-state index contributed by atoms with van der Waals surface area (Å²) in [5.41, 5.74) is -2.34. The third-order valence-corrected chi connectivity index (χ3v) is 5.37. The molecule has 5 nitrogen and oxygen atoms in total. The van der Waals surface area contributed by atoms with Crippen LogP contribution in [0.2, 0.25) is 0 Å². The van der Waals surface area contributed by atoms with E-state index in [1.54, 1.807) is 24.3 Å². The summed E-state index contributed by atoms with van der Waals surface area (Å²) in [6.45, 7) is 3.99. The zero-order valence-electron chi connectivity index (χ0n) is 15.5. The van der Waals surface area contributed by atoms with Crippen molar-refractivity contribution in [3.63, 3.8) is 0 Å². The lowest BCUT2D eigenvalue weighted by Crippen LogP contribution is -2.47. The lowest BCUT2D eigenvalue weighted by atomic mass is 10.1. The molecule has 29 heavy (non-hydrogen) atoms. The minimum Gasteiger partial charge on any atom is -0.369 e. The molecule has 158 valence electrons. The highest BCUT2D eigenvalue weighted by atomic mass is 35.5. The van der Waals surface area contributed by atoms with Crippen molar-refractivity contribution < 1.29 is 18.1 Å². The summed E-state index contributed by atoms with van der Waals surface area (Å²) in [7, 11) is 0. The molecule has 0 unspecified atom stereocenters. The Morgan fingerprint density at radius 1 is 1.03 bits per heavy atom. The first-order valence-corrected chi connectivity index (χ1v) is 9.68. The van der Waals surface area contributed by atoms with Crippen LogP contribution >= 0.6 is 24.2 Å². The van der Waals surface area contributed by atoms with Gasteiger partial charge in [0.05, 0.1) is 4.92 Å². The number of hydrogen-bond acceptors (Lipinski definition) is 5. The topological polar surface area (TPSA) is 49.6 Å². The Bertz CT molecular complexity index is 813. The molecule has 0 saturated carbocycles. The molecular weight excluding hydrogens is 427 g/mol. The highest BCUT2D eigenvalue weighted by molar-refractivity contribution is 8.00. The second-order valence-electron chi connectivity index (χ2n) is 6.55. The molecule has 0 bridgehead atoms. The first kappa shape index (κ1) is 23.3.